The Morgan fingerprint density at radius 1 is 0.472 bits per heavy atom. The lowest BCUT2D eigenvalue weighted by Gasteiger charge is -2.37. The van der Waals surface area contributed by atoms with Crippen LogP contribution in [-0.2, 0) is 35.3 Å². The number of carbonyl (C=O) groups excluding carboxylic acids is 9. The van der Waals surface area contributed by atoms with E-state index < -0.39 is 87.5 Å². The third kappa shape index (κ3) is 24.6. The fraction of sp³-hybridized carbons (Fsp3) is 0.688. The van der Waals surface area contributed by atoms with Crippen molar-refractivity contribution in [3.05, 3.63) is 35.9 Å². The van der Waals surface area contributed by atoms with Crippen LogP contribution >= 0.6 is 0 Å². The van der Waals surface area contributed by atoms with E-state index in [1.807, 2.05) is 47.6 Å². The van der Waals surface area contributed by atoms with Crippen molar-refractivity contribution in [3.8, 4) is 0 Å². The van der Waals surface area contributed by atoms with Crippen molar-refractivity contribution in [2.75, 3.05) is 19.6 Å². The van der Waals surface area contributed by atoms with Gasteiger partial charge in [-0.05, 0) is 114 Å². The molecule has 3 atom stereocenters. The third-order valence-corrected chi connectivity index (χ3v) is 10.7. The summed E-state index contributed by atoms with van der Waals surface area (Å²) < 4.78 is 5.23. The highest BCUT2D eigenvalue weighted by Crippen LogP contribution is 2.16. The molecule has 0 heterocycles. The van der Waals surface area contributed by atoms with Gasteiger partial charge in [0.25, 0.3) is 0 Å². The number of hydrogen-bond acceptors (Lipinski definition) is 10. The third-order valence-electron chi connectivity index (χ3n) is 10.7. The minimum absolute atomic E-state index is 0. The van der Waals surface area contributed by atoms with Crippen LogP contribution in [0, 0.1) is 11.8 Å². The molecule has 0 aliphatic carbocycles. The van der Waals surface area contributed by atoms with Crippen LogP contribution in [0.4, 0.5) is 19.2 Å². The van der Waals surface area contributed by atoms with Gasteiger partial charge in [0.2, 0.25) is 29.5 Å². The maximum absolute atomic E-state index is 13.7. The van der Waals surface area contributed by atoms with E-state index in [0.29, 0.717) is 6.42 Å². The molecule has 16 N–H and O–H groups in total. The fourth-order valence-electron chi connectivity index (χ4n) is 6.16. The van der Waals surface area contributed by atoms with Crippen molar-refractivity contribution in [1.82, 2.24) is 63.8 Å². The van der Waals surface area contributed by atoms with Crippen LogP contribution in [0.3, 0.4) is 0 Å². The second-order valence-corrected chi connectivity index (χ2v) is 21.4. The molecular formula is C48H88N12O12. The van der Waals surface area contributed by atoms with Crippen molar-refractivity contribution < 1.29 is 58.8 Å². The molecule has 0 saturated heterocycles. The number of urea groups is 3. The van der Waals surface area contributed by atoms with Gasteiger partial charge < -0.3 is 79.5 Å². The Labute approximate surface area is 425 Å². The molecule has 0 bridgehead atoms. The van der Waals surface area contributed by atoms with E-state index in [0.717, 1.165) is 5.56 Å². The number of nitrogens with one attached hydrogen (secondary N) is 12. The summed E-state index contributed by atoms with van der Waals surface area (Å²) in [5.74, 6) is -3.40. The molecule has 0 spiro atoms. The highest BCUT2D eigenvalue weighted by molar-refractivity contribution is 6.00. The summed E-state index contributed by atoms with van der Waals surface area (Å²) >= 11 is 0. The van der Waals surface area contributed by atoms with Crippen LogP contribution in [-0.4, -0.2) is 136 Å². The van der Waals surface area contributed by atoms with Crippen LogP contribution in [0.5, 0.6) is 0 Å². The van der Waals surface area contributed by atoms with E-state index in [1.165, 1.54) is 69.2 Å². The summed E-state index contributed by atoms with van der Waals surface area (Å²) in [6, 6.07) is 6.23. The van der Waals surface area contributed by atoms with Gasteiger partial charge in [0.15, 0.2) is 0 Å². The average Bonchev–Trinajstić information content (AvgIpc) is 3.21. The molecule has 1 aromatic carbocycles. The number of benzene rings is 1. The smallest absolute Gasteiger partial charge is 0.408 e. The normalized spacial score (nSPS) is 13.0. The zero-order valence-electron chi connectivity index (χ0n) is 45.5. The molecule has 12 amide bonds. The summed E-state index contributed by atoms with van der Waals surface area (Å²) in [7, 11) is 0. The quantitative estimate of drug-likeness (QED) is 0.0656. The first-order valence-corrected chi connectivity index (χ1v) is 23.7. The molecule has 0 aromatic heterocycles. The van der Waals surface area contributed by atoms with Crippen molar-refractivity contribution in [2.45, 2.75) is 183 Å². The Hall–Kier alpha value is -6.43. The molecule has 24 heteroatoms. The zero-order valence-corrected chi connectivity index (χ0v) is 45.5. The van der Waals surface area contributed by atoms with Crippen LogP contribution in [0.1, 0.15) is 130 Å². The molecule has 1 aromatic rings. The Morgan fingerprint density at radius 3 is 1.29 bits per heavy atom. The lowest BCUT2D eigenvalue weighted by atomic mass is 9.94. The number of carbonyl (C=O) groups is 9. The van der Waals surface area contributed by atoms with Crippen molar-refractivity contribution in [3.63, 3.8) is 0 Å². The summed E-state index contributed by atoms with van der Waals surface area (Å²) in [6.45, 7) is 27.8. The monoisotopic (exact) mass is 1020 g/mol. The van der Waals surface area contributed by atoms with E-state index in [1.54, 1.807) is 31.2 Å². The topological polar surface area (TPSA) is 370 Å². The molecule has 24 nitrogen and oxygen atoms in total. The predicted octanol–water partition coefficient (Wildman–Crippen LogP) is 0.871. The molecule has 412 valence electrons. The molecule has 72 heavy (non-hydrogen) atoms. The Morgan fingerprint density at radius 2 is 0.861 bits per heavy atom. The second-order valence-electron chi connectivity index (χ2n) is 21.4. The van der Waals surface area contributed by atoms with Gasteiger partial charge in [-0.3, -0.25) is 24.0 Å². The number of alkyl carbamates (subject to hydrolysis) is 1. The number of ether oxygens (including phenoxy) is 1. The summed E-state index contributed by atoms with van der Waals surface area (Å²) in [5.41, 5.74) is -7.06. The highest BCUT2D eigenvalue weighted by atomic mass is 16.5. The molecule has 0 unspecified atom stereocenters. The Balaban J connectivity index is 0. The van der Waals surface area contributed by atoms with Gasteiger partial charge in [0, 0.05) is 43.8 Å². The molecule has 1 rings (SSSR count). The molecule has 0 aliphatic heterocycles. The van der Waals surface area contributed by atoms with E-state index in [2.05, 4.69) is 63.8 Å². The van der Waals surface area contributed by atoms with Gasteiger partial charge >= 0.3 is 24.2 Å². The first kappa shape index (κ1) is 67.6. The molecule has 0 aliphatic rings. The highest BCUT2D eigenvalue weighted by Gasteiger charge is 2.43. The van der Waals surface area contributed by atoms with Gasteiger partial charge in [-0.1, -0.05) is 58.0 Å². The SMILES string of the molecule is CC(C)C[C@@H](CNC(=O)NC(C)C)NC(=O)NC[C@H](C)NC(=O)NC[C@@H](NC(=O)C(C)(C)NC(=O)C(C)(C)NC(=O)C(C)(C)NC(=O)C(C)(C)NC(=O)C(C)(C)NC(=O)OCc1ccccc1)C(C)C.O.O. The van der Waals surface area contributed by atoms with Crippen molar-refractivity contribution in [2.24, 2.45) is 11.8 Å². The van der Waals surface area contributed by atoms with E-state index in [9.17, 15) is 43.2 Å². The molecular weight excluding hydrogens is 937 g/mol. The summed E-state index contributed by atoms with van der Waals surface area (Å²) in [5, 5.41) is 32.5. The maximum Gasteiger partial charge on any atom is 0.408 e. The first-order chi connectivity index (χ1) is 32.0. The summed E-state index contributed by atoms with van der Waals surface area (Å²) in [6.07, 6.45) is -0.216. The van der Waals surface area contributed by atoms with Gasteiger partial charge in [0.1, 0.15) is 34.3 Å². The minimum Gasteiger partial charge on any atom is -0.445 e. The van der Waals surface area contributed by atoms with Crippen molar-refractivity contribution in [1.29, 1.82) is 0 Å². The van der Waals surface area contributed by atoms with Gasteiger partial charge in [-0.15, -0.1) is 0 Å². The second kappa shape index (κ2) is 29.2. The molecule has 0 fully saturated rings. The number of hydrogen-bond donors (Lipinski definition) is 12. The van der Waals surface area contributed by atoms with Crippen LogP contribution in [0.25, 0.3) is 0 Å². The lowest BCUT2D eigenvalue weighted by molar-refractivity contribution is -0.141. The largest absolute Gasteiger partial charge is 0.445 e. The molecule has 0 saturated carbocycles. The van der Waals surface area contributed by atoms with E-state index >= 15 is 0 Å². The van der Waals surface area contributed by atoms with E-state index in [-0.39, 0.29) is 67.1 Å². The van der Waals surface area contributed by atoms with Gasteiger partial charge in [0.05, 0.1) is 0 Å². The Bertz CT molecular complexity index is 1970. The minimum atomic E-state index is -1.62. The Kier molecular flexibility index (Phi) is 27.4. The van der Waals surface area contributed by atoms with Gasteiger partial charge in [-0.25, -0.2) is 19.2 Å². The van der Waals surface area contributed by atoms with Crippen molar-refractivity contribution >= 4 is 53.7 Å². The van der Waals surface area contributed by atoms with Crippen LogP contribution in [0.15, 0.2) is 30.3 Å². The number of rotatable bonds is 25. The average molecular weight is 1030 g/mol. The predicted molar refractivity (Wildman–Crippen MR) is 274 cm³/mol. The van der Waals surface area contributed by atoms with Crippen LogP contribution in [0.2, 0.25) is 0 Å². The van der Waals surface area contributed by atoms with Gasteiger partial charge in [-0.2, -0.15) is 0 Å². The zero-order chi connectivity index (χ0) is 54.0. The first-order valence-electron chi connectivity index (χ1n) is 23.7. The van der Waals surface area contributed by atoms with E-state index in [4.69, 9.17) is 4.74 Å². The van der Waals surface area contributed by atoms with Crippen LogP contribution < -0.4 is 63.8 Å². The maximum atomic E-state index is 13.7. The summed E-state index contributed by atoms with van der Waals surface area (Å²) in [4.78, 5) is 118. The lowest BCUT2D eigenvalue weighted by Crippen LogP contribution is -2.68. The fourth-order valence-corrected chi connectivity index (χ4v) is 6.16. The standard InChI is InChI=1S/C48H84N12O10.2H2O/c1-28(2)23-33(25-50-40(66)52-30(5)6)54-42(68)49-24-31(7)53-41(67)51-26-34(29(3)4)55-35(61)44(8,9)56-36(62)45(10,11)57-37(63)46(12,13)58-38(64)47(14,15)59-39(65)48(16,17)60-43(69)70-27-32-21-19-18-20-22-32;;/h18-22,28-31,33-34H,23-27H2,1-17H3,(H,55,61)(H,56,62)(H,57,63)(H,58,64)(H,59,65)(H,60,69)(H2,49,54,68)(H2,50,52,66)(H2,51,53,67);2*1H2/t31-,33-,34+;;/m0../s1. The number of amides is 12. The molecule has 0 radical (unpaired) electrons.